The average molecular weight is 155 g/mol. The van der Waals surface area contributed by atoms with Gasteiger partial charge >= 0.3 is 6.09 Å². The molecule has 1 aliphatic carbocycles. The van der Waals surface area contributed by atoms with Crippen LogP contribution in [0, 0.1) is 0 Å². The van der Waals surface area contributed by atoms with Gasteiger partial charge in [0.25, 0.3) is 0 Å². The van der Waals surface area contributed by atoms with E-state index in [1.54, 1.807) is 0 Å². The highest BCUT2D eigenvalue weighted by atomic mass is 16.6. The minimum atomic E-state index is -0.468. The van der Waals surface area contributed by atoms with Crippen LogP contribution in [-0.2, 0) is 9.53 Å². The van der Waals surface area contributed by atoms with Crippen LogP contribution < -0.4 is 0 Å². The first-order valence-corrected chi connectivity index (χ1v) is 3.70. The molecule has 4 heteroatoms. The maximum atomic E-state index is 11.0. The minimum Gasteiger partial charge on any atom is -0.444 e. The molecule has 1 saturated carbocycles. The lowest BCUT2D eigenvalue weighted by molar-refractivity contribution is -0.127. The third kappa shape index (κ3) is 0.751. The van der Waals surface area contributed by atoms with Crippen molar-refractivity contribution in [3.63, 3.8) is 0 Å². The van der Waals surface area contributed by atoms with Crippen LogP contribution in [0.4, 0.5) is 4.79 Å². The molecule has 0 N–H and O–H groups in total. The minimum absolute atomic E-state index is 0.00796. The molecule has 0 aromatic heterocycles. The van der Waals surface area contributed by atoms with Crippen LogP contribution in [0.15, 0.2) is 0 Å². The molecule has 60 valence electrons. The summed E-state index contributed by atoms with van der Waals surface area (Å²) in [6, 6.07) is 0.0417. The highest BCUT2D eigenvalue weighted by Gasteiger charge is 2.49. The van der Waals surface area contributed by atoms with Crippen LogP contribution in [0.3, 0.4) is 0 Å². The molecular formula is C7H9NO3. The normalized spacial score (nSPS) is 34.3. The van der Waals surface area contributed by atoms with E-state index in [9.17, 15) is 9.59 Å². The van der Waals surface area contributed by atoms with Crippen LogP contribution in [-0.4, -0.2) is 29.0 Å². The Morgan fingerprint density at radius 2 is 2.36 bits per heavy atom. The zero-order chi connectivity index (χ0) is 8.01. The van der Waals surface area contributed by atoms with Crippen LogP contribution in [0.25, 0.3) is 0 Å². The van der Waals surface area contributed by atoms with E-state index in [1.165, 1.54) is 11.8 Å². The number of amides is 2. The van der Waals surface area contributed by atoms with Crippen molar-refractivity contribution in [2.45, 2.75) is 31.9 Å². The van der Waals surface area contributed by atoms with Crippen molar-refractivity contribution in [2.75, 3.05) is 0 Å². The van der Waals surface area contributed by atoms with Crippen LogP contribution in [0.5, 0.6) is 0 Å². The Balaban J connectivity index is 2.19. The van der Waals surface area contributed by atoms with Crippen molar-refractivity contribution in [2.24, 2.45) is 0 Å². The summed E-state index contributed by atoms with van der Waals surface area (Å²) in [4.78, 5) is 23.0. The molecule has 0 bridgehead atoms. The van der Waals surface area contributed by atoms with E-state index >= 15 is 0 Å². The molecule has 2 unspecified atom stereocenters. The lowest BCUT2D eigenvalue weighted by Crippen LogP contribution is -2.45. The molecule has 11 heavy (non-hydrogen) atoms. The summed E-state index contributed by atoms with van der Waals surface area (Å²) in [5.41, 5.74) is 0. The number of fused-ring (bicyclic) bond motifs is 1. The van der Waals surface area contributed by atoms with Gasteiger partial charge in [0.1, 0.15) is 6.10 Å². The van der Waals surface area contributed by atoms with Crippen molar-refractivity contribution < 1.29 is 14.3 Å². The fourth-order valence-corrected chi connectivity index (χ4v) is 1.57. The molecule has 0 radical (unpaired) electrons. The number of ether oxygens (including phenoxy) is 1. The topological polar surface area (TPSA) is 46.6 Å². The van der Waals surface area contributed by atoms with Crippen molar-refractivity contribution >= 4 is 12.0 Å². The highest BCUT2D eigenvalue weighted by molar-refractivity contribution is 5.92. The van der Waals surface area contributed by atoms with Gasteiger partial charge in [-0.3, -0.25) is 4.79 Å². The predicted molar refractivity (Wildman–Crippen MR) is 35.8 cm³/mol. The molecule has 2 atom stereocenters. The third-order valence-electron chi connectivity index (χ3n) is 2.30. The van der Waals surface area contributed by atoms with Crippen molar-refractivity contribution in [1.29, 1.82) is 0 Å². The Bertz CT molecular complexity index is 226. The van der Waals surface area contributed by atoms with Gasteiger partial charge in [-0.15, -0.1) is 0 Å². The Morgan fingerprint density at radius 3 is 2.64 bits per heavy atom. The smallest absolute Gasteiger partial charge is 0.417 e. The number of imide groups is 1. The van der Waals surface area contributed by atoms with Crippen LogP contribution in [0.1, 0.15) is 19.8 Å². The molecule has 0 aromatic carbocycles. The van der Waals surface area contributed by atoms with E-state index in [4.69, 9.17) is 4.74 Å². The Kier molecular flexibility index (Phi) is 1.19. The molecule has 2 rings (SSSR count). The van der Waals surface area contributed by atoms with E-state index < -0.39 is 6.09 Å². The maximum absolute atomic E-state index is 11.0. The molecule has 1 aliphatic heterocycles. The van der Waals surface area contributed by atoms with E-state index in [0.29, 0.717) is 0 Å². The van der Waals surface area contributed by atoms with Gasteiger partial charge in [0.15, 0.2) is 0 Å². The van der Waals surface area contributed by atoms with Gasteiger partial charge in [0.05, 0.1) is 6.04 Å². The van der Waals surface area contributed by atoms with E-state index in [0.717, 1.165) is 12.8 Å². The standard InChI is InChI=1S/C7H9NO3/c1-4(9)8-5-2-3-6(5)11-7(8)10/h5-6H,2-3H2,1H3. The highest BCUT2D eigenvalue weighted by Crippen LogP contribution is 2.34. The zero-order valence-electron chi connectivity index (χ0n) is 6.24. The Morgan fingerprint density at radius 1 is 1.64 bits per heavy atom. The van der Waals surface area contributed by atoms with Gasteiger partial charge in [0, 0.05) is 6.92 Å². The summed E-state index contributed by atoms with van der Waals surface area (Å²) in [5.74, 6) is -0.206. The third-order valence-corrected chi connectivity index (χ3v) is 2.30. The van der Waals surface area contributed by atoms with Gasteiger partial charge in [-0.25, -0.2) is 9.69 Å². The van der Waals surface area contributed by atoms with E-state index in [1.807, 2.05) is 0 Å². The second-order valence-electron chi connectivity index (χ2n) is 2.96. The van der Waals surface area contributed by atoms with Crippen molar-refractivity contribution in [3.05, 3.63) is 0 Å². The Labute approximate surface area is 64.1 Å². The summed E-state index contributed by atoms with van der Waals surface area (Å²) in [5, 5.41) is 0. The monoisotopic (exact) mass is 155 g/mol. The lowest BCUT2D eigenvalue weighted by atomic mass is 9.89. The van der Waals surface area contributed by atoms with Crippen LogP contribution >= 0.6 is 0 Å². The molecule has 0 spiro atoms. The SMILES string of the molecule is CC(=O)N1C(=O)OC2CCC21. The van der Waals surface area contributed by atoms with Gasteiger partial charge in [-0.2, -0.15) is 0 Å². The lowest BCUT2D eigenvalue weighted by Gasteiger charge is -2.29. The fraction of sp³-hybridized carbons (Fsp3) is 0.714. The van der Waals surface area contributed by atoms with Crippen LogP contribution in [0.2, 0.25) is 0 Å². The van der Waals surface area contributed by atoms with Gasteiger partial charge < -0.3 is 4.74 Å². The molecule has 2 aliphatic rings. The fourth-order valence-electron chi connectivity index (χ4n) is 1.57. The first-order chi connectivity index (χ1) is 5.20. The summed E-state index contributed by atoms with van der Waals surface area (Å²) in [6.07, 6.45) is 1.33. The maximum Gasteiger partial charge on any atom is 0.417 e. The Hall–Kier alpha value is -1.06. The number of rotatable bonds is 0. The molecule has 1 saturated heterocycles. The molecule has 0 aromatic rings. The summed E-state index contributed by atoms with van der Waals surface area (Å²) >= 11 is 0. The molecule has 2 amide bonds. The summed E-state index contributed by atoms with van der Waals surface area (Å²) in [7, 11) is 0. The molecular weight excluding hydrogens is 146 g/mol. The molecule has 4 nitrogen and oxygen atoms in total. The predicted octanol–water partition coefficient (Wildman–Crippen LogP) is 0.516. The second kappa shape index (κ2) is 1.96. The largest absolute Gasteiger partial charge is 0.444 e. The van der Waals surface area contributed by atoms with Gasteiger partial charge in [0.2, 0.25) is 5.91 Å². The molecule has 1 heterocycles. The molecule has 2 fully saturated rings. The first kappa shape index (κ1) is 6.64. The quantitative estimate of drug-likeness (QED) is 0.512. The zero-order valence-corrected chi connectivity index (χ0v) is 6.24. The first-order valence-electron chi connectivity index (χ1n) is 3.70. The van der Waals surface area contributed by atoms with Crippen molar-refractivity contribution in [3.8, 4) is 0 Å². The summed E-state index contributed by atoms with van der Waals surface area (Å²) in [6.45, 7) is 1.39. The number of carbonyl (C=O) groups is 2. The number of hydrogen-bond donors (Lipinski definition) is 0. The number of hydrogen-bond acceptors (Lipinski definition) is 3. The van der Waals surface area contributed by atoms with Gasteiger partial charge in [-0.1, -0.05) is 0 Å². The average Bonchev–Trinajstić information content (AvgIpc) is 2.10. The summed E-state index contributed by atoms with van der Waals surface area (Å²) < 4.78 is 4.90. The van der Waals surface area contributed by atoms with E-state index in [2.05, 4.69) is 0 Å². The van der Waals surface area contributed by atoms with Crippen molar-refractivity contribution in [1.82, 2.24) is 4.90 Å². The number of nitrogens with zero attached hydrogens (tertiary/aromatic N) is 1. The second-order valence-corrected chi connectivity index (χ2v) is 2.96. The number of carbonyl (C=O) groups excluding carboxylic acids is 2. The van der Waals surface area contributed by atoms with E-state index in [-0.39, 0.29) is 18.1 Å². The van der Waals surface area contributed by atoms with Gasteiger partial charge in [-0.05, 0) is 12.8 Å².